The number of nitrogen functional groups attached to an aromatic ring is 1. The number of hydrogen-bond donors (Lipinski definition) is 2. The van der Waals surface area contributed by atoms with E-state index in [4.69, 9.17) is 25.3 Å². The summed E-state index contributed by atoms with van der Waals surface area (Å²) in [4.78, 5) is 21.2. The Hall–Kier alpha value is -2.91. The highest BCUT2D eigenvalue weighted by molar-refractivity contribution is 6.06. The molecule has 9 nitrogen and oxygen atoms in total. The van der Waals surface area contributed by atoms with Gasteiger partial charge in [-0.05, 0) is 6.07 Å². The zero-order valence-corrected chi connectivity index (χ0v) is 16.1. The van der Waals surface area contributed by atoms with Gasteiger partial charge in [0.15, 0.2) is 5.82 Å². The number of nitrogens with zero attached hydrogens (tertiary/aromatic N) is 4. The van der Waals surface area contributed by atoms with Crippen LogP contribution in [0.4, 0.5) is 10.6 Å². The van der Waals surface area contributed by atoms with Crippen molar-refractivity contribution in [3.05, 3.63) is 30.1 Å². The third kappa shape index (κ3) is 4.15. The van der Waals surface area contributed by atoms with Crippen LogP contribution in [0.1, 0.15) is 5.82 Å². The Bertz CT molecular complexity index is 972. The summed E-state index contributed by atoms with van der Waals surface area (Å²) < 4.78 is 13.0. The Balaban J connectivity index is 1.87. The van der Waals surface area contributed by atoms with Crippen molar-refractivity contribution < 1.29 is 19.4 Å². The Morgan fingerprint density at radius 3 is 2.79 bits per heavy atom. The number of carboxylic acid groups (broad SMARTS) is 1. The second-order valence-corrected chi connectivity index (χ2v) is 6.45. The molecule has 0 fully saturated rings. The standard InChI is InChI=1S/C19H25N5O4/c1-23(19(25)26)8-11-28-12-9-24-15(7-10-27-2)22-16-17(24)13-5-3-4-6-14(13)21-18(16)20/h3-6H,7-12H2,1-2H3,(H2,20,21)(H,25,26). The third-order valence-corrected chi connectivity index (χ3v) is 4.58. The van der Waals surface area contributed by atoms with Crippen molar-refractivity contribution in [1.82, 2.24) is 19.4 Å². The first-order valence-electron chi connectivity index (χ1n) is 9.07. The van der Waals surface area contributed by atoms with Gasteiger partial charge in [0.05, 0.1) is 30.9 Å². The van der Waals surface area contributed by atoms with Gasteiger partial charge in [-0.25, -0.2) is 14.8 Å². The molecule has 9 heteroatoms. The second-order valence-electron chi connectivity index (χ2n) is 6.45. The van der Waals surface area contributed by atoms with Crippen LogP contribution in [-0.4, -0.2) is 71.2 Å². The van der Waals surface area contributed by atoms with Crippen LogP contribution in [0, 0.1) is 0 Å². The molecule has 1 aromatic carbocycles. The molecule has 3 rings (SSSR count). The summed E-state index contributed by atoms with van der Waals surface area (Å²) in [5.74, 6) is 1.25. The molecule has 0 aliphatic heterocycles. The molecule has 0 spiro atoms. The fourth-order valence-corrected chi connectivity index (χ4v) is 3.08. The van der Waals surface area contributed by atoms with Crippen LogP contribution in [0.3, 0.4) is 0 Å². The van der Waals surface area contributed by atoms with Crippen LogP contribution in [0.2, 0.25) is 0 Å². The normalized spacial score (nSPS) is 11.4. The largest absolute Gasteiger partial charge is 0.465 e. The third-order valence-electron chi connectivity index (χ3n) is 4.58. The van der Waals surface area contributed by atoms with Crippen molar-refractivity contribution in [2.75, 3.05) is 46.3 Å². The number of methoxy groups -OCH3 is 1. The smallest absolute Gasteiger partial charge is 0.407 e. The predicted octanol–water partition coefficient (Wildman–Crippen LogP) is 1.98. The lowest BCUT2D eigenvalue weighted by atomic mass is 10.2. The van der Waals surface area contributed by atoms with Gasteiger partial charge in [-0.15, -0.1) is 0 Å². The number of anilines is 1. The van der Waals surface area contributed by atoms with Crippen molar-refractivity contribution in [1.29, 1.82) is 0 Å². The number of imidazole rings is 1. The van der Waals surface area contributed by atoms with Crippen molar-refractivity contribution in [3.63, 3.8) is 0 Å². The second kappa shape index (κ2) is 8.85. The van der Waals surface area contributed by atoms with E-state index >= 15 is 0 Å². The lowest BCUT2D eigenvalue weighted by Crippen LogP contribution is -2.28. The Kier molecular flexibility index (Phi) is 6.27. The minimum absolute atomic E-state index is 0.316. The van der Waals surface area contributed by atoms with Crippen molar-refractivity contribution >= 4 is 33.8 Å². The molecule has 2 heterocycles. The molecule has 1 amide bonds. The number of pyridine rings is 1. The van der Waals surface area contributed by atoms with Gasteiger partial charge in [0.25, 0.3) is 0 Å². The summed E-state index contributed by atoms with van der Waals surface area (Å²) in [7, 11) is 3.17. The summed E-state index contributed by atoms with van der Waals surface area (Å²) >= 11 is 0. The molecule has 3 N–H and O–H groups in total. The summed E-state index contributed by atoms with van der Waals surface area (Å²) in [6.07, 6.45) is -0.332. The zero-order valence-electron chi connectivity index (χ0n) is 16.1. The summed E-state index contributed by atoms with van der Waals surface area (Å²) in [5, 5.41) is 9.86. The van der Waals surface area contributed by atoms with Crippen LogP contribution >= 0.6 is 0 Å². The quantitative estimate of drug-likeness (QED) is 0.539. The summed E-state index contributed by atoms with van der Waals surface area (Å²) in [6.45, 7) is 2.18. The van der Waals surface area contributed by atoms with Crippen LogP contribution in [0.15, 0.2) is 24.3 Å². The molecule has 3 aromatic rings. The number of aromatic nitrogens is 3. The first-order valence-corrected chi connectivity index (χ1v) is 9.07. The molecule has 0 radical (unpaired) electrons. The first kappa shape index (κ1) is 19.8. The predicted molar refractivity (Wildman–Crippen MR) is 107 cm³/mol. The minimum Gasteiger partial charge on any atom is -0.465 e. The van der Waals surface area contributed by atoms with E-state index in [-0.39, 0.29) is 0 Å². The van der Waals surface area contributed by atoms with Gasteiger partial charge in [0.1, 0.15) is 11.3 Å². The van der Waals surface area contributed by atoms with Crippen LogP contribution < -0.4 is 5.73 Å². The number of benzene rings is 1. The number of fused-ring (bicyclic) bond motifs is 3. The van der Waals surface area contributed by atoms with Gasteiger partial charge in [-0.1, -0.05) is 18.2 Å². The molecule has 150 valence electrons. The number of nitrogens with two attached hydrogens (primary N) is 1. The molecule has 0 bridgehead atoms. The van der Waals surface area contributed by atoms with Gasteiger partial charge in [-0.3, -0.25) is 0 Å². The minimum atomic E-state index is -0.972. The van der Waals surface area contributed by atoms with E-state index in [1.165, 1.54) is 11.9 Å². The van der Waals surface area contributed by atoms with E-state index in [9.17, 15) is 4.79 Å². The SMILES string of the molecule is COCCc1nc2c(N)nc3ccccc3c2n1CCOCCN(C)C(=O)O. The summed E-state index contributed by atoms with van der Waals surface area (Å²) in [5.41, 5.74) is 8.58. The average Bonchev–Trinajstić information content (AvgIpc) is 3.05. The maximum absolute atomic E-state index is 10.8. The first-order chi connectivity index (χ1) is 13.5. The molecule has 0 saturated carbocycles. The molecular formula is C19H25N5O4. The van der Waals surface area contributed by atoms with Gasteiger partial charge in [0.2, 0.25) is 0 Å². The van der Waals surface area contributed by atoms with Crippen molar-refractivity contribution in [3.8, 4) is 0 Å². The van der Waals surface area contributed by atoms with Crippen molar-refractivity contribution in [2.45, 2.75) is 13.0 Å². The van der Waals surface area contributed by atoms with E-state index in [1.54, 1.807) is 7.11 Å². The lowest BCUT2D eigenvalue weighted by Gasteiger charge is -2.14. The number of rotatable bonds is 9. The molecule has 2 aromatic heterocycles. The number of likely N-dealkylation sites (N-methyl/N-ethyl adjacent to an activating group) is 1. The lowest BCUT2D eigenvalue weighted by molar-refractivity contribution is 0.0977. The summed E-state index contributed by atoms with van der Waals surface area (Å²) in [6, 6.07) is 7.82. The molecule has 0 aliphatic carbocycles. The topological polar surface area (TPSA) is 116 Å². The van der Waals surface area contributed by atoms with E-state index in [2.05, 4.69) is 9.55 Å². The fourth-order valence-electron chi connectivity index (χ4n) is 3.08. The fraction of sp³-hybridized carbons (Fsp3) is 0.421. The molecular weight excluding hydrogens is 362 g/mol. The number of carbonyl (C=O) groups is 1. The number of ether oxygens (including phenoxy) is 2. The molecule has 0 aliphatic rings. The van der Waals surface area contributed by atoms with E-state index in [1.807, 2.05) is 24.3 Å². The molecule has 28 heavy (non-hydrogen) atoms. The Labute approximate surface area is 162 Å². The molecule has 0 unspecified atom stereocenters. The zero-order chi connectivity index (χ0) is 20.1. The van der Waals surface area contributed by atoms with Gasteiger partial charge in [0, 0.05) is 39.1 Å². The van der Waals surface area contributed by atoms with Crippen LogP contribution in [-0.2, 0) is 22.4 Å². The monoisotopic (exact) mass is 387 g/mol. The van der Waals surface area contributed by atoms with Crippen LogP contribution in [0.25, 0.3) is 21.9 Å². The van der Waals surface area contributed by atoms with Crippen molar-refractivity contribution in [2.24, 2.45) is 0 Å². The average molecular weight is 387 g/mol. The Morgan fingerprint density at radius 1 is 1.25 bits per heavy atom. The van der Waals surface area contributed by atoms with Crippen LogP contribution in [0.5, 0.6) is 0 Å². The van der Waals surface area contributed by atoms with Gasteiger partial charge in [-0.2, -0.15) is 0 Å². The maximum Gasteiger partial charge on any atom is 0.407 e. The van der Waals surface area contributed by atoms with E-state index < -0.39 is 6.09 Å². The number of hydrogen-bond acceptors (Lipinski definition) is 6. The Morgan fingerprint density at radius 2 is 2.04 bits per heavy atom. The highest BCUT2D eigenvalue weighted by Crippen LogP contribution is 2.28. The molecule has 0 atom stereocenters. The maximum atomic E-state index is 10.8. The van der Waals surface area contributed by atoms with Gasteiger partial charge < -0.3 is 29.8 Å². The molecule has 0 saturated heterocycles. The van der Waals surface area contributed by atoms with E-state index in [0.717, 1.165) is 22.2 Å². The van der Waals surface area contributed by atoms with Gasteiger partial charge >= 0.3 is 6.09 Å². The number of amides is 1. The highest BCUT2D eigenvalue weighted by atomic mass is 16.5. The number of para-hydroxylation sites is 1. The highest BCUT2D eigenvalue weighted by Gasteiger charge is 2.17. The van der Waals surface area contributed by atoms with E-state index in [0.29, 0.717) is 50.7 Å².